The predicted molar refractivity (Wildman–Crippen MR) is 180 cm³/mol. The number of esters is 2. The van der Waals surface area contributed by atoms with E-state index in [2.05, 4.69) is 23.8 Å². The van der Waals surface area contributed by atoms with Crippen molar-refractivity contribution in [1.29, 1.82) is 0 Å². The van der Waals surface area contributed by atoms with E-state index in [0.29, 0.717) is 36.4 Å². The number of carbonyl (C=O) groups excluding carboxylic acids is 4. The number of hydrogen-bond acceptors (Lipinski definition) is 10. The van der Waals surface area contributed by atoms with E-state index < -0.39 is 36.3 Å². The molecular weight excluding hydrogens is 632 g/mol. The number of nitrogens with one attached hydrogen (secondary N) is 2. The summed E-state index contributed by atoms with van der Waals surface area (Å²) in [4.78, 5) is 48.8. The Bertz CT molecular complexity index is 1320. The van der Waals surface area contributed by atoms with Gasteiger partial charge in [0.15, 0.2) is 12.2 Å². The lowest BCUT2D eigenvalue weighted by molar-refractivity contribution is -0.142. The van der Waals surface area contributed by atoms with Crippen molar-refractivity contribution in [3.8, 4) is 11.5 Å². The largest absolute Gasteiger partial charge is 0.490 e. The minimum atomic E-state index is -0.834. The highest BCUT2D eigenvalue weighted by molar-refractivity contribution is 5.81. The Hall–Kier alpha value is -5.00. The Kier molecular flexibility index (Phi) is 13.9. The summed E-state index contributed by atoms with van der Waals surface area (Å²) in [6, 6.07) is 14.8. The number of ether oxygens (including phenoxy) is 6. The van der Waals surface area contributed by atoms with Crippen molar-refractivity contribution >= 4 is 24.1 Å². The average Bonchev–Trinajstić information content (AvgIpc) is 3.70. The minimum Gasteiger partial charge on any atom is -0.490 e. The molecule has 4 rings (SSSR count). The molecule has 4 atom stereocenters. The topological polar surface area (TPSA) is 148 Å². The molecule has 0 spiro atoms. The van der Waals surface area contributed by atoms with Gasteiger partial charge in [-0.2, -0.15) is 0 Å². The van der Waals surface area contributed by atoms with Crippen molar-refractivity contribution in [3.05, 3.63) is 85.0 Å². The highest BCUT2D eigenvalue weighted by Crippen LogP contribution is 2.51. The lowest BCUT2D eigenvalue weighted by Crippen LogP contribution is -2.41. The predicted octanol–water partition coefficient (Wildman–Crippen LogP) is 5.07. The molecule has 2 aromatic carbocycles. The van der Waals surface area contributed by atoms with Crippen LogP contribution in [0.3, 0.4) is 0 Å². The van der Waals surface area contributed by atoms with Gasteiger partial charge in [-0.25, -0.2) is 19.2 Å². The zero-order chi connectivity index (χ0) is 35.2. The highest BCUT2D eigenvalue weighted by Gasteiger charge is 2.46. The third-order valence-electron chi connectivity index (χ3n) is 8.72. The molecule has 2 aliphatic carbocycles. The number of alkyl carbamates (subject to hydrolysis) is 2. The molecule has 4 unspecified atom stereocenters. The van der Waals surface area contributed by atoms with Gasteiger partial charge in [-0.3, -0.25) is 0 Å². The van der Waals surface area contributed by atoms with Gasteiger partial charge in [0.25, 0.3) is 0 Å². The summed E-state index contributed by atoms with van der Waals surface area (Å²) >= 11 is 0. The van der Waals surface area contributed by atoms with Crippen LogP contribution in [-0.4, -0.2) is 75.9 Å². The molecule has 2 aromatic rings. The monoisotopic (exact) mass is 678 g/mol. The number of amides is 2. The zero-order valence-corrected chi connectivity index (χ0v) is 28.1. The van der Waals surface area contributed by atoms with Crippen molar-refractivity contribution in [1.82, 2.24) is 10.6 Å². The summed E-state index contributed by atoms with van der Waals surface area (Å²) in [6.45, 7) is 11.2. The smallest absolute Gasteiger partial charge is 0.407 e. The highest BCUT2D eigenvalue weighted by atomic mass is 16.6. The van der Waals surface area contributed by atoms with Gasteiger partial charge in [0, 0.05) is 25.2 Å². The Morgan fingerprint density at radius 2 is 1.08 bits per heavy atom. The van der Waals surface area contributed by atoms with E-state index in [1.807, 2.05) is 62.4 Å². The van der Waals surface area contributed by atoms with Gasteiger partial charge in [0.2, 0.25) is 0 Å². The van der Waals surface area contributed by atoms with Crippen LogP contribution in [0.25, 0.3) is 0 Å². The number of carbonyl (C=O) groups is 4. The van der Waals surface area contributed by atoms with E-state index in [9.17, 15) is 19.2 Å². The maximum absolute atomic E-state index is 12.8. The molecule has 2 saturated carbocycles. The molecule has 0 aromatic heterocycles. The van der Waals surface area contributed by atoms with Crippen LogP contribution in [0.1, 0.15) is 30.4 Å². The van der Waals surface area contributed by atoms with Crippen molar-refractivity contribution in [2.75, 3.05) is 39.5 Å². The molecule has 0 heterocycles. The molecule has 12 nitrogen and oxygen atoms in total. The second kappa shape index (κ2) is 18.5. The van der Waals surface area contributed by atoms with Gasteiger partial charge in [0.05, 0.1) is 0 Å². The summed E-state index contributed by atoms with van der Waals surface area (Å²) in [5, 5.41) is 5.73. The Balaban J connectivity index is 1.22. The number of aryl methyl sites for hydroxylation is 2. The summed E-state index contributed by atoms with van der Waals surface area (Å²) in [7, 11) is 0. The van der Waals surface area contributed by atoms with Crippen LogP contribution in [-0.2, 0) is 28.5 Å². The molecule has 49 heavy (non-hydrogen) atoms. The van der Waals surface area contributed by atoms with Crippen LogP contribution >= 0.6 is 0 Å². The minimum absolute atomic E-state index is 0.00546. The number of hydrogen-bond donors (Lipinski definition) is 2. The molecule has 2 fully saturated rings. The van der Waals surface area contributed by atoms with E-state index >= 15 is 0 Å². The van der Waals surface area contributed by atoms with Crippen molar-refractivity contribution in [3.63, 3.8) is 0 Å². The van der Waals surface area contributed by atoms with Gasteiger partial charge >= 0.3 is 24.1 Å². The summed E-state index contributed by atoms with van der Waals surface area (Å²) in [5.41, 5.74) is 2.16. The fourth-order valence-electron chi connectivity index (χ4n) is 6.28. The fourth-order valence-corrected chi connectivity index (χ4v) is 6.28. The maximum Gasteiger partial charge on any atom is 0.407 e. The van der Waals surface area contributed by atoms with E-state index in [4.69, 9.17) is 28.4 Å². The summed E-state index contributed by atoms with van der Waals surface area (Å²) < 4.78 is 32.9. The van der Waals surface area contributed by atoms with Gasteiger partial charge in [-0.1, -0.05) is 48.6 Å². The number of fused-ring (bicyclic) bond motifs is 2. The van der Waals surface area contributed by atoms with Crippen LogP contribution in [0.15, 0.2) is 73.8 Å². The first kappa shape index (κ1) is 36.8. The molecule has 2 N–H and O–H groups in total. The normalized spacial score (nSPS) is 20.2. The molecule has 0 saturated heterocycles. The molecule has 2 amide bonds. The second-order valence-corrected chi connectivity index (χ2v) is 12.5. The zero-order valence-electron chi connectivity index (χ0n) is 28.1. The van der Waals surface area contributed by atoms with Gasteiger partial charge in [-0.15, -0.1) is 0 Å². The van der Waals surface area contributed by atoms with Gasteiger partial charge < -0.3 is 39.1 Å². The molecule has 2 bridgehead atoms. The standard InChI is InChI=1S/C37H46N2O10/c1-5-34(40)46-22-31(20-44-29-11-7-24(3)8-12-29)48-36(42)38-18-27-15-26-16-28(33(27)17-26)19-39-37(43)49-32(23-47-35(41)6-2)21-45-30-13-9-25(4)10-14-30/h5-14,26-28,31-33H,1-2,15-23H2,3-4H3,(H,38,42)(H,39,43). The molecule has 12 heteroatoms. The fraction of sp³-hybridized carbons (Fsp3) is 0.459. The SMILES string of the molecule is C=CC(=O)OCC(COc1ccc(C)cc1)OC(=O)NCC1CC2CC(CNC(=O)OC(COC(=O)C=C)COc3ccc(C)cc3)C1C2. The van der Waals surface area contributed by atoms with Crippen LogP contribution in [0.5, 0.6) is 11.5 Å². The molecule has 0 radical (unpaired) electrons. The number of benzene rings is 2. The molecule has 0 aliphatic heterocycles. The van der Waals surface area contributed by atoms with Gasteiger partial charge in [0.1, 0.15) is 37.9 Å². The third kappa shape index (κ3) is 12.2. The van der Waals surface area contributed by atoms with Crippen molar-refractivity contribution < 1.29 is 47.6 Å². The third-order valence-corrected chi connectivity index (χ3v) is 8.72. The van der Waals surface area contributed by atoms with Crippen LogP contribution in [0.4, 0.5) is 9.59 Å². The van der Waals surface area contributed by atoms with Gasteiger partial charge in [-0.05, 0) is 81.0 Å². The van der Waals surface area contributed by atoms with E-state index in [1.54, 1.807) is 0 Å². The van der Waals surface area contributed by atoms with E-state index in [1.165, 1.54) is 0 Å². The average molecular weight is 679 g/mol. The van der Waals surface area contributed by atoms with Crippen LogP contribution < -0.4 is 20.1 Å². The first-order valence-corrected chi connectivity index (χ1v) is 16.5. The maximum atomic E-state index is 12.8. The van der Waals surface area contributed by atoms with Crippen molar-refractivity contribution in [2.45, 2.75) is 45.3 Å². The molecular formula is C37H46N2O10. The Morgan fingerprint density at radius 1 is 0.673 bits per heavy atom. The Labute approximate surface area is 287 Å². The Morgan fingerprint density at radius 3 is 1.45 bits per heavy atom. The lowest BCUT2D eigenvalue weighted by atomic mass is 9.80. The second-order valence-electron chi connectivity index (χ2n) is 12.5. The first-order chi connectivity index (χ1) is 23.6. The van der Waals surface area contributed by atoms with Crippen LogP contribution in [0, 0.1) is 37.5 Å². The number of rotatable bonds is 18. The summed E-state index contributed by atoms with van der Waals surface area (Å²) in [6.07, 6.45) is 2.09. The summed E-state index contributed by atoms with van der Waals surface area (Å²) in [5.74, 6) is 1.17. The van der Waals surface area contributed by atoms with Crippen molar-refractivity contribution in [2.24, 2.45) is 23.7 Å². The van der Waals surface area contributed by atoms with E-state index in [-0.39, 0.29) is 38.3 Å². The first-order valence-electron chi connectivity index (χ1n) is 16.5. The van der Waals surface area contributed by atoms with E-state index in [0.717, 1.165) is 42.5 Å². The molecule has 2 aliphatic rings. The van der Waals surface area contributed by atoms with Crippen LogP contribution in [0.2, 0.25) is 0 Å². The molecule has 264 valence electrons. The lowest BCUT2D eigenvalue weighted by Gasteiger charge is -2.30. The quantitative estimate of drug-likeness (QED) is 0.124.